The van der Waals surface area contributed by atoms with E-state index in [0.717, 1.165) is 23.5 Å². The van der Waals surface area contributed by atoms with Gasteiger partial charge in [-0.05, 0) is 33.3 Å². The monoisotopic (exact) mass is 262 g/mol. The number of aryl methyl sites for hydroxylation is 2. The summed E-state index contributed by atoms with van der Waals surface area (Å²) in [6.45, 7) is 9.02. The fourth-order valence-electron chi connectivity index (χ4n) is 2.42. The maximum absolute atomic E-state index is 6.20. The van der Waals surface area contributed by atoms with E-state index in [0.29, 0.717) is 0 Å². The molecule has 0 radical (unpaired) electrons. The molecule has 0 aliphatic rings. The Morgan fingerprint density at radius 1 is 1.28 bits per heavy atom. The van der Waals surface area contributed by atoms with Crippen LogP contribution in [0.25, 0.3) is 0 Å². The van der Waals surface area contributed by atoms with Gasteiger partial charge < -0.3 is 0 Å². The predicted octanol–water partition coefficient (Wildman–Crippen LogP) is 4.16. The van der Waals surface area contributed by atoms with Gasteiger partial charge in [0.25, 0.3) is 0 Å². The maximum atomic E-state index is 6.20. The van der Waals surface area contributed by atoms with E-state index >= 15 is 0 Å². The van der Waals surface area contributed by atoms with Gasteiger partial charge in [-0.2, -0.15) is 5.10 Å². The average Bonchev–Trinajstić information content (AvgIpc) is 2.54. The second-order valence-electron chi connectivity index (χ2n) is 4.85. The second kappa shape index (κ2) is 5.15. The first-order valence-electron chi connectivity index (χ1n) is 6.22. The highest BCUT2D eigenvalue weighted by molar-refractivity contribution is 6.20. The minimum atomic E-state index is 0.0104. The molecule has 0 saturated heterocycles. The number of benzene rings is 1. The Morgan fingerprint density at radius 2 is 2.00 bits per heavy atom. The second-order valence-corrected chi connectivity index (χ2v) is 5.50. The first-order chi connectivity index (χ1) is 8.49. The van der Waals surface area contributed by atoms with Gasteiger partial charge in [0, 0.05) is 11.3 Å². The van der Waals surface area contributed by atoms with E-state index in [1.807, 2.05) is 18.5 Å². The maximum Gasteiger partial charge on any atom is 0.0662 e. The van der Waals surface area contributed by atoms with Crippen molar-refractivity contribution in [2.24, 2.45) is 0 Å². The molecule has 1 aromatic heterocycles. The van der Waals surface area contributed by atoms with Crippen molar-refractivity contribution >= 4 is 11.6 Å². The number of rotatable bonds is 3. The van der Waals surface area contributed by atoms with Gasteiger partial charge in [0.05, 0.1) is 17.6 Å². The van der Waals surface area contributed by atoms with Crippen molar-refractivity contribution in [3.8, 4) is 0 Å². The molecule has 3 heteroatoms. The van der Waals surface area contributed by atoms with E-state index < -0.39 is 0 Å². The fraction of sp³-hybridized carbons (Fsp3) is 0.400. The average molecular weight is 263 g/mol. The summed E-state index contributed by atoms with van der Waals surface area (Å²) >= 11 is 6.20. The summed E-state index contributed by atoms with van der Waals surface area (Å²) in [5.74, 6) is 0. The molecule has 2 aromatic rings. The third kappa shape index (κ3) is 2.59. The van der Waals surface area contributed by atoms with Crippen LogP contribution in [0.15, 0.2) is 24.3 Å². The third-order valence-corrected chi connectivity index (χ3v) is 3.47. The van der Waals surface area contributed by atoms with Crippen molar-refractivity contribution < 1.29 is 0 Å². The number of nitrogens with zero attached hydrogens (tertiary/aromatic N) is 2. The van der Waals surface area contributed by atoms with Crippen molar-refractivity contribution in [3.63, 3.8) is 0 Å². The summed E-state index contributed by atoms with van der Waals surface area (Å²) in [6.07, 6.45) is 0. The summed E-state index contributed by atoms with van der Waals surface area (Å²) < 4.78 is 2.04. The normalized spacial score (nSPS) is 12.7. The largest absolute Gasteiger partial charge is 0.265 e. The highest BCUT2D eigenvalue weighted by Gasteiger charge is 2.15. The zero-order valence-electron chi connectivity index (χ0n) is 11.4. The molecule has 0 aliphatic carbocycles. The van der Waals surface area contributed by atoms with Crippen LogP contribution in [0, 0.1) is 20.8 Å². The van der Waals surface area contributed by atoms with Crippen LogP contribution in [0.2, 0.25) is 0 Å². The van der Waals surface area contributed by atoms with E-state index in [4.69, 9.17) is 11.6 Å². The fourth-order valence-corrected chi connectivity index (χ4v) is 2.74. The summed E-state index contributed by atoms with van der Waals surface area (Å²) in [5.41, 5.74) is 5.90. The molecule has 0 N–H and O–H groups in total. The smallest absolute Gasteiger partial charge is 0.0662 e. The molecule has 2 nitrogen and oxygen atoms in total. The summed E-state index contributed by atoms with van der Waals surface area (Å²) in [5, 5.41) is 4.60. The lowest BCUT2D eigenvalue weighted by atomic mass is 10.1. The van der Waals surface area contributed by atoms with Crippen LogP contribution in [0.3, 0.4) is 0 Å². The van der Waals surface area contributed by atoms with Crippen molar-refractivity contribution in [3.05, 3.63) is 52.3 Å². The van der Waals surface area contributed by atoms with E-state index in [2.05, 4.69) is 43.2 Å². The Morgan fingerprint density at radius 3 is 2.56 bits per heavy atom. The number of aromatic nitrogens is 2. The highest BCUT2D eigenvalue weighted by Crippen LogP contribution is 2.26. The summed E-state index contributed by atoms with van der Waals surface area (Å²) in [4.78, 5) is 0. The van der Waals surface area contributed by atoms with Crippen LogP contribution in [-0.2, 0) is 6.54 Å². The molecule has 0 aliphatic heterocycles. The van der Waals surface area contributed by atoms with E-state index in [1.54, 1.807) is 0 Å². The third-order valence-electron chi connectivity index (χ3n) is 3.25. The van der Waals surface area contributed by atoms with Gasteiger partial charge in [0.2, 0.25) is 0 Å². The molecule has 96 valence electrons. The van der Waals surface area contributed by atoms with Gasteiger partial charge in [0.1, 0.15) is 0 Å². The van der Waals surface area contributed by atoms with Crippen molar-refractivity contribution in [2.75, 3.05) is 0 Å². The van der Waals surface area contributed by atoms with Crippen molar-refractivity contribution in [2.45, 2.75) is 39.6 Å². The van der Waals surface area contributed by atoms with Gasteiger partial charge in [0.15, 0.2) is 0 Å². The summed E-state index contributed by atoms with van der Waals surface area (Å²) in [7, 11) is 0. The molecule has 2 rings (SSSR count). The quantitative estimate of drug-likeness (QED) is 0.760. The first-order valence-corrected chi connectivity index (χ1v) is 6.66. The van der Waals surface area contributed by atoms with Crippen molar-refractivity contribution in [1.82, 2.24) is 9.78 Å². The molecule has 0 spiro atoms. The molecule has 0 bridgehead atoms. The lowest BCUT2D eigenvalue weighted by molar-refractivity contribution is 0.657. The molecule has 1 aromatic carbocycles. The van der Waals surface area contributed by atoms with Crippen LogP contribution in [-0.4, -0.2) is 9.78 Å². The Labute approximate surface area is 114 Å². The molecule has 18 heavy (non-hydrogen) atoms. The Hall–Kier alpha value is -1.28. The van der Waals surface area contributed by atoms with Gasteiger partial charge in [-0.25, -0.2) is 0 Å². The summed E-state index contributed by atoms with van der Waals surface area (Å²) in [6, 6.07) is 8.52. The Kier molecular flexibility index (Phi) is 3.76. The van der Waals surface area contributed by atoms with E-state index in [9.17, 15) is 0 Å². The first kappa shape index (κ1) is 13.2. The predicted molar refractivity (Wildman–Crippen MR) is 76.3 cm³/mol. The minimum absolute atomic E-state index is 0.0104. The van der Waals surface area contributed by atoms with E-state index in [-0.39, 0.29) is 5.38 Å². The molecule has 1 unspecified atom stereocenters. The van der Waals surface area contributed by atoms with E-state index in [1.165, 1.54) is 11.1 Å². The highest BCUT2D eigenvalue weighted by atomic mass is 35.5. The molecule has 0 amide bonds. The number of hydrogen-bond acceptors (Lipinski definition) is 1. The standard InChI is InChI=1S/C15H19ClN2/c1-10-6-5-7-14(8-10)9-18-13(4)15(11(2)16)12(3)17-18/h5-8,11H,9H2,1-4H3. The minimum Gasteiger partial charge on any atom is -0.265 e. The lowest BCUT2D eigenvalue weighted by Gasteiger charge is -2.07. The number of alkyl halides is 1. The molecule has 1 heterocycles. The SMILES string of the molecule is Cc1cccc(Cn2nc(C)c(C(C)Cl)c2C)c1. The van der Waals surface area contributed by atoms with Crippen LogP contribution >= 0.6 is 11.6 Å². The molecule has 1 atom stereocenters. The molecule has 0 saturated carbocycles. The topological polar surface area (TPSA) is 17.8 Å². The van der Waals surface area contributed by atoms with Gasteiger partial charge >= 0.3 is 0 Å². The molecule has 0 fully saturated rings. The van der Waals surface area contributed by atoms with Crippen LogP contribution < -0.4 is 0 Å². The van der Waals surface area contributed by atoms with Gasteiger partial charge in [-0.3, -0.25) is 4.68 Å². The number of hydrogen-bond donors (Lipinski definition) is 0. The lowest BCUT2D eigenvalue weighted by Crippen LogP contribution is -2.04. The zero-order valence-corrected chi connectivity index (χ0v) is 12.1. The van der Waals surface area contributed by atoms with Gasteiger partial charge in [-0.15, -0.1) is 11.6 Å². The zero-order chi connectivity index (χ0) is 13.3. The van der Waals surface area contributed by atoms with Crippen LogP contribution in [0.1, 0.15) is 40.4 Å². The number of halogens is 1. The van der Waals surface area contributed by atoms with Crippen molar-refractivity contribution in [1.29, 1.82) is 0 Å². The van der Waals surface area contributed by atoms with Gasteiger partial charge in [-0.1, -0.05) is 29.8 Å². The van der Waals surface area contributed by atoms with Crippen LogP contribution in [0.5, 0.6) is 0 Å². The van der Waals surface area contributed by atoms with Crippen LogP contribution in [0.4, 0.5) is 0 Å². The molecular weight excluding hydrogens is 244 g/mol. The molecular formula is C15H19ClN2. The Bertz CT molecular complexity index is 556. The Balaban J connectivity index is 2.33.